The minimum absolute atomic E-state index is 0.158. The van der Waals surface area contributed by atoms with Gasteiger partial charge in [0.1, 0.15) is 0 Å². The van der Waals surface area contributed by atoms with Crippen LogP contribution in [-0.4, -0.2) is 4.64 Å². The van der Waals surface area contributed by atoms with E-state index >= 15 is 0 Å². The summed E-state index contributed by atoms with van der Waals surface area (Å²) in [5, 5.41) is 9.90. The van der Waals surface area contributed by atoms with Crippen LogP contribution < -0.4 is 31.8 Å². The van der Waals surface area contributed by atoms with E-state index in [2.05, 4.69) is 194 Å². The SMILES string of the molecule is CCCCc1ccccc1P(c1ccccc1CCCC)C(CCC)(P(c1ccccc1CCCC)c1ccccc1CCCC)P(c1ccccc1CCCC)c1ccccc1CCCC. The highest BCUT2D eigenvalue weighted by Crippen LogP contribution is 2.80. The second kappa shape index (κ2) is 28.3. The normalized spacial score (nSPS) is 11.9. The van der Waals surface area contributed by atoms with Crippen molar-refractivity contribution in [2.24, 2.45) is 0 Å². The van der Waals surface area contributed by atoms with Gasteiger partial charge >= 0.3 is 0 Å². The van der Waals surface area contributed by atoms with Crippen molar-refractivity contribution in [1.29, 1.82) is 0 Å². The molecule has 0 aliphatic rings. The van der Waals surface area contributed by atoms with E-state index < -0.39 is 23.8 Å². The van der Waals surface area contributed by atoms with Crippen molar-refractivity contribution in [3.05, 3.63) is 179 Å². The quantitative estimate of drug-likeness (QED) is 0.0411. The highest BCUT2D eigenvalue weighted by atomic mass is 31.2. The Kier molecular flexibility index (Phi) is 22.4. The third-order valence-electron chi connectivity index (χ3n) is 13.9. The molecule has 6 rings (SSSR count). The third-order valence-corrected chi connectivity index (χ3v) is 25.8. The summed E-state index contributed by atoms with van der Waals surface area (Å²) in [6.07, 6.45) is 23.5. The summed E-state index contributed by atoms with van der Waals surface area (Å²) in [6.45, 7) is 16.8. The molecule has 0 bridgehead atoms. The van der Waals surface area contributed by atoms with Crippen molar-refractivity contribution >= 4 is 55.6 Å². The Bertz CT molecular complexity index is 1950. The Labute approximate surface area is 413 Å². The average Bonchev–Trinajstić information content (AvgIpc) is 3.37. The Morgan fingerprint density at radius 1 is 0.254 bits per heavy atom. The zero-order valence-corrected chi connectivity index (χ0v) is 45.5. The standard InChI is InChI=1S/C64H85P3/c1-8-15-33-52-39-21-27-45-58(52)65(59-46-28-22-40-53(59)34-16-9-2)64(51-14-7,66(60-47-29-23-41-54(60)35-17-10-3)61-48-30-24-42-55(61)36-18-11-4)67(62-49-31-25-43-56(62)37-19-12-5)63-50-32-26-44-57(63)38-20-13-6/h21-32,39-50H,8-20,33-38,51H2,1-7H3. The number of aryl methyl sites for hydroxylation is 6. The number of rotatable bonds is 29. The number of hydrogen-bond donors (Lipinski definition) is 0. The lowest BCUT2D eigenvalue weighted by molar-refractivity contribution is 0.792. The van der Waals surface area contributed by atoms with E-state index in [1.54, 1.807) is 65.2 Å². The van der Waals surface area contributed by atoms with Crippen LogP contribution in [0.3, 0.4) is 0 Å². The molecule has 0 atom stereocenters. The van der Waals surface area contributed by atoms with E-state index in [0.29, 0.717) is 0 Å². The first kappa shape index (κ1) is 53.0. The summed E-state index contributed by atoms with van der Waals surface area (Å²) in [5.41, 5.74) is 9.52. The summed E-state index contributed by atoms with van der Waals surface area (Å²) >= 11 is 0. The van der Waals surface area contributed by atoms with Gasteiger partial charge in [-0.1, -0.05) is 239 Å². The van der Waals surface area contributed by atoms with Gasteiger partial charge in [-0.15, -0.1) is 0 Å². The fourth-order valence-corrected chi connectivity index (χ4v) is 25.3. The van der Waals surface area contributed by atoms with E-state index in [1.807, 2.05) is 0 Å². The molecule has 0 unspecified atom stereocenters. The maximum atomic E-state index is 2.65. The van der Waals surface area contributed by atoms with Crippen LogP contribution in [0.15, 0.2) is 146 Å². The van der Waals surface area contributed by atoms with Gasteiger partial charge in [-0.25, -0.2) is 0 Å². The summed E-state index contributed by atoms with van der Waals surface area (Å²) in [4.78, 5) is 0. The first-order chi connectivity index (χ1) is 33.0. The van der Waals surface area contributed by atoms with E-state index in [-0.39, 0.29) is 4.64 Å². The average molecular weight is 947 g/mol. The van der Waals surface area contributed by atoms with Gasteiger partial charge in [0.2, 0.25) is 0 Å². The number of benzene rings is 6. The van der Waals surface area contributed by atoms with E-state index in [4.69, 9.17) is 0 Å². The van der Waals surface area contributed by atoms with Crippen molar-refractivity contribution in [1.82, 2.24) is 0 Å². The summed E-state index contributed by atoms with van der Waals surface area (Å²) in [7, 11) is -2.99. The summed E-state index contributed by atoms with van der Waals surface area (Å²) in [5.74, 6) is 0. The van der Waals surface area contributed by atoms with Crippen LogP contribution in [-0.2, 0) is 38.5 Å². The molecule has 0 fully saturated rings. The summed E-state index contributed by atoms with van der Waals surface area (Å²) < 4.78 is -0.158. The van der Waals surface area contributed by atoms with Gasteiger partial charge in [-0.2, -0.15) is 0 Å². The lowest BCUT2D eigenvalue weighted by Crippen LogP contribution is -2.45. The molecule has 0 aliphatic heterocycles. The second-order valence-electron chi connectivity index (χ2n) is 18.9. The van der Waals surface area contributed by atoms with Crippen molar-refractivity contribution in [2.45, 2.75) is 182 Å². The maximum Gasteiger partial charge on any atom is 0.0546 e. The van der Waals surface area contributed by atoms with Crippen molar-refractivity contribution in [3.8, 4) is 0 Å². The highest BCUT2D eigenvalue weighted by molar-refractivity contribution is 8.05. The van der Waals surface area contributed by atoms with Gasteiger partial charge in [0.15, 0.2) is 0 Å². The van der Waals surface area contributed by atoms with Gasteiger partial charge in [-0.05, 0) is 172 Å². The minimum atomic E-state index is -0.996. The Morgan fingerprint density at radius 3 is 0.597 bits per heavy atom. The van der Waals surface area contributed by atoms with Gasteiger partial charge in [0.05, 0.1) is 4.64 Å². The lowest BCUT2D eigenvalue weighted by atomic mass is 10.1. The first-order valence-electron chi connectivity index (χ1n) is 26.9. The molecule has 0 heterocycles. The molecule has 0 radical (unpaired) electrons. The van der Waals surface area contributed by atoms with Crippen LogP contribution in [0.1, 0.15) is 172 Å². The molecule has 0 aromatic heterocycles. The first-order valence-corrected chi connectivity index (χ1v) is 30.9. The highest BCUT2D eigenvalue weighted by Gasteiger charge is 2.55. The zero-order chi connectivity index (χ0) is 47.3. The molecular formula is C64H85P3. The molecule has 0 N–H and O–H groups in total. The molecule has 0 nitrogen and oxygen atoms in total. The predicted octanol–water partition coefficient (Wildman–Crippen LogP) is 16.9. The van der Waals surface area contributed by atoms with Gasteiger partial charge in [0, 0.05) is 0 Å². The van der Waals surface area contributed by atoms with Crippen molar-refractivity contribution < 1.29 is 0 Å². The van der Waals surface area contributed by atoms with E-state index in [0.717, 1.165) is 51.4 Å². The van der Waals surface area contributed by atoms with Crippen LogP contribution in [0.25, 0.3) is 0 Å². The van der Waals surface area contributed by atoms with Crippen LogP contribution in [0.5, 0.6) is 0 Å². The molecule has 0 saturated heterocycles. The van der Waals surface area contributed by atoms with Crippen LogP contribution in [0.2, 0.25) is 0 Å². The van der Waals surface area contributed by atoms with Gasteiger partial charge < -0.3 is 0 Å². The Morgan fingerprint density at radius 2 is 0.433 bits per heavy atom. The minimum Gasteiger partial charge on any atom is -0.0654 e. The fourth-order valence-electron chi connectivity index (χ4n) is 10.4. The maximum absolute atomic E-state index is 2.65. The zero-order valence-electron chi connectivity index (χ0n) is 42.8. The Hall–Kier alpha value is -3.39. The van der Waals surface area contributed by atoms with E-state index in [9.17, 15) is 0 Å². The molecule has 3 heteroatoms. The smallest absolute Gasteiger partial charge is 0.0546 e. The van der Waals surface area contributed by atoms with Crippen molar-refractivity contribution in [3.63, 3.8) is 0 Å². The number of hydrogen-bond acceptors (Lipinski definition) is 0. The van der Waals surface area contributed by atoms with E-state index in [1.165, 1.54) is 77.0 Å². The second-order valence-corrected chi connectivity index (χ2v) is 27.2. The molecule has 356 valence electrons. The topological polar surface area (TPSA) is 0 Å². The molecule has 0 amide bonds. The Balaban J connectivity index is 1.98. The molecular weight excluding hydrogens is 862 g/mol. The molecule has 6 aromatic rings. The molecule has 0 aliphatic carbocycles. The van der Waals surface area contributed by atoms with Gasteiger partial charge in [-0.3, -0.25) is 0 Å². The number of unbranched alkanes of at least 4 members (excludes halogenated alkanes) is 6. The van der Waals surface area contributed by atoms with Crippen LogP contribution in [0.4, 0.5) is 0 Å². The molecule has 0 saturated carbocycles. The molecule has 0 spiro atoms. The van der Waals surface area contributed by atoms with Crippen LogP contribution >= 0.6 is 23.8 Å². The monoisotopic (exact) mass is 947 g/mol. The van der Waals surface area contributed by atoms with Crippen molar-refractivity contribution in [2.75, 3.05) is 0 Å². The van der Waals surface area contributed by atoms with Crippen LogP contribution in [0, 0.1) is 0 Å². The third kappa shape index (κ3) is 13.1. The predicted molar refractivity (Wildman–Crippen MR) is 307 cm³/mol. The fraction of sp³-hybridized carbons (Fsp3) is 0.438. The largest absolute Gasteiger partial charge is 0.0654 e. The molecule has 6 aromatic carbocycles. The summed E-state index contributed by atoms with van der Waals surface area (Å²) in [6, 6.07) is 59.9. The van der Waals surface area contributed by atoms with Gasteiger partial charge in [0.25, 0.3) is 0 Å². The lowest BCUT2D eigenvalue weighted by Gasteiger charge is -2.54. The molecule has 67 heavy (non-hydrogen) atoms.